The van der Waals surface area contributed by atoms with Crippen molar-refractivity contribution >= 4 is 23.0 Å². The molecule has 0 unspecified atom stereocenters. The summed E-state index contributed by atoms with van der Waals surface area (Å²) in [7, 11) is 1.60. The van der Waals surface area contributed by atoms with Gasteiger partial charge < -0.3 is 19.2 Å². The molecule has 0 saturated heterocycles. The van der Waals surface area contributed by atoms with E-state index in [9.17, 15) is 4.79 Å². The monoisotopic (exact) mass is 351 g/mol. The van der Waals surface area contributed by atoms with Crippen molar-refractivity contribution in [2.75, 3.05) is 20.3 Å². The Kier molecular flexibility index (Phi) is 4.18. The van der Waals surface area contributed by atoms with Gasteiger partial charge in [0.25, 0.3) is 5.91 Å². The summed E-state index contributed by atoms with van der Waals surface area (Å²) in [6.07, 6.45) is 1.56. The number of fused-ring (bicyclic) bond motifs is 2. The Morgan fingerprint density at radius 2 is 2.00 bits per heavy atom. The lowest BCUT2D eigenvalue weighted by Gasteiger charge is -2.18. The van der Waals surface area contributed by atoms with Crippen LogP contribution in [0.3, 0.4) is 0 Å². The average Bonchev–Trinajstić information content (AvgIpc) is 3.11. The normalized spacial score (nSPS) is 13.1. The summed E-state index contributed by atoms with van der Waals surface area (Å²) in [5, 5.41) is 4.93. The van der Waals surface area contributed by atoms with Gasteiger partial charge in [0, 0.05) is 17.0 Å². The summed E-state index contributed by atoms with van der Waals surface area (Å²) in [5.74, 6) is 1.79. The summed E-state index contributed by atoms with van der Waals surface area (Å²) < 4.78 is 16.2. The summed E-state index contributed by atoms with van der Waals surface area (Å²) >= 11 is 0. The Morgan fingerprint density at radius 1 is 1.15 bits per heavy atom. The molecule has 4 rings (SSSR count). The Bertz CT molecular complexity index is 994. The highest BCUT2D eigenvalue weighted by Gasteiger charge is 2.11. The molecule has 132 valence electrons. The van der Waals surface area contributed by atoms with Gasteiger partial charge in [-0.15, -0.1) is 0 Å². The molecule has 0 radical (unpaired) electrons. The Hall–Kier alpha value is -3.48. The summed E-state index contributed by atoms with van der Waals surface area (Å²) in [5.41, 5.74) is 4.56. The lowest BCUT2D eigenvalue weighted by Crippen LogP contribution is -2.18. The molecule has 1 aromatic heterocycles. The summed E-state index contributed by atoms with van der Waals surface area (Å²) in [6, 6.07) is 12.8. The van der Waals surface area contributed by atoms with Gasteiger partial charge in [-0.25, -0.2) is 5.43 Å². The fourth-order valence-corrected chi connectivity index (χ4v) is 2.72. The SMILES string of the molecule is COc1ccc2cc(C(=O)NN=Cc3ccc4c(c3)OCCO4)[nH]c2c1. The standard InChI is InChI=1S/C19H17N3O4/c1-24-14-4-3-13-9-16(21-15(13)10-14)19(23)22-20-11-12-2-5-17-18(8-12)26-7-6-25-17/h2-5,8-11,21H,6-7H2,1H3,(H,22,23). The van der Waals surface area contributed by atoms with Gasteiger partial charge in [-0.2, -0.15) is 5.10 Å². The van der Waals surface area contributed by atoms with Crippen molar-refractivity contribution in [1.29, 1.82) is 0 Å². The van der Waals surface area contributed by atoms with Gasteiger partial charge >= 0.3 is 0 Å². The number of methoxy groups -OCH3 is 1. The van der Waals surface area contributed by atoms with Crippen molar-refractivity contribution in [3.63, 3.8) is 0 Å². The van der Waals surface area contributed by atoms with Gasteiger partial charge in [-0.05, 0) is 42.0 Å². The molecule has 1 aliphatic rings. The highest BCUT2D eigenvalue weighted by atomic mass is 16.6. The van der Waals surface area contributed by atoms with E-state index in [0.717, 1.165) is 22.2 Å². The van der Waals surface area contributed by atoms with Gasteiger partial charge in [0.1, 0.15) is 24.7 Å². The molecular weight excluding hydrogens is 334 g/mol. The lowest BCUT2D eigenvalue weighted by atomic mass is 10.2. The van der Waals surface area contributed by atoms with Crippen LogP contribution in [0.4, 0.5) is 0 Å². The van der Waals surface area contributed by atoms with Crippen LogP contribution in [0.2, 0.25) is 0 Å². The van der Waals surface area contributed by atoms with Gasteiger partial charge in [0.2, 0.25) is 0 Å². The summed E-state index contributed by atoms with van der Waals surface area (Å²) in [4.78, 5) is 15.3. The first-order valence-corrected chi connectivity index (χ1v) is 8.13. The number of aromatic amines is 1. The maximum atomic E-state index is 12.3. The number of benzene rings is 2. The predicted octanol–water partition coefficient (Wildman–Crippen LogP) is 2.71. The first kappa shape index (κ1) is 16.0. The quantitative estimate of drug-likeness (QED) is 0.559. The number of carbonyl (C=O) groups excluding carboxylic acids is 1. The van der Waals surface area contributed by atoms with Crippen molar-refractivity contribution in [3.05, 3.63) is 53.7 Å². The number of hydrogen-bond donors (Lipinski definition) is 2. The van der Waals surface area contributed by atoms with E-state index < -0.39 is 0 Å². The zero-order valence-electron chi connectivity index (χ0n) is 14.1. The fourth-order valence-electron chi connectivity index (χ4n) is 2.72. The van der Waals surface area contributed by atoms with Crippen LogP contribution < -0.4 is 19.6 Å². The number of ether oxygens (including phenoxy) is 3. The Morgan fingerprint density at radius 3 is 2.85 bits per heavy atom. The number of carbonyl (C=O) groups is 1. The zero-order valence-corrected chi connectivity index (χ0v) is 14.1. The zero-order chi connectivity index (χ0) is 17.9. The highest BCUT2D eigenvalue weighted by Crippen LogP contribution is 2.30. The van der Waals surface area contributed by atoms with E-state index in [2.05, 4.69) is 15.5 Å². The van der Waals surface area contributed by atoms with E-state index in [-0.39, 0.29) is 5.91 Å². The number of aromatic nitrogens is 1. The first-order valence-electron chi connectivity index (χ1n) is 8.13. The minimum atomic E-state index is -0.325. The maximum absolute atomic E-state index is 12.3. The van der Waals surface area contributed by atoms with Crippen molar-refractivity contribution in [2.24, 2.45) is 5.10 Å². The van der Waals surface area contributed by atoms with Crippen LogP contribution in [0.5, 0.6) is 17.2 Å². The number of hydrogen-bond acceptors (Lipinski definition) is 5. The number of nitrogens with one attached hydrogen (secondary N) is 2. The first-order chi connectivity index (χ1) is 12.7. The molecule has 0 bridgehead atoms. The molecule has 7 heteroatoms. The Balaban J connectivity index is 1.45. The van der Waals surface area contributed by atoms with E-state index in [1.165, 1.54) is 0 Å². The van der Waals surface area contributed by atoms with E-state index in [0.29, 0.717) is 30.4 Å². The van der Waals surface area contributed by atoms with E-state index in [1.54, 1.807) is 19.4 Å². The molecule has 2 heterocycles. The third kappa shape index (κ3) is 3.19. The van der Waals surface area contributed by atoms with Gasteiger partial charge in [-0.3, -0.25) is 4.79 Å². The van der Waals surface area contributed by atoms with E-state index in [4.69, 9.17) is 14.2 Å². The predicted molar refractivity (Wildman–Crippen MR) is 97.3 cm³/mol. The molecule has 1 aliphatic heterocycles. The minimum Gasteiger partial charge on any atom is -0.497 e. The topological polar surface area (TPSA) is 84.9 Å². The highest BCUT2D eigenvalue weighted by molar-refractivity contribution is 5.98. The maximum Gasteiger partial charge on any atom is 0.287 e. The van der Waals surface area contributed by atoms with Gasteiger partial charge in [0.15, 0.2) is 11.5 Å². The van der Waals surface area contributed by atoms with Crippen LogP contribution in [-0.4, -0.2) is 37.4 Å². The molecule has 26 heavy (non-hydrogen) atoms. The van der Waals surface area contributed by atoms with Crippen LogP contribution in [0.15, 0.2) is 47.6 Å². The number of amides is 1. The van der Waals surface area contributed by atoms with Crippen LogP contribution in [-0.2, 0) is 0 Å². The van der Waals surface area contributed by atoms with Crippen molar-refractivity contribution in [3.8, 4) is 17.2 Å². The van der Waals surface area contributed by atoms with Crippen LogP contribution in [0.1, 0.15) is 16.1 Å². The molecule has 0 fully saturated rings. The molecular formula is C19H17N3O4. The number of rotatable bonds is 4. The fraction of sp³-hybridized carbons (Fsp3) is 0.158. The second kappa shape index (κ2) is 6.79. The summed E-state index contributed by atoms with van der Waals surface area (Å²) in [6.45, 7) is 1.07. The van der Waals surface area contributed by atoms with Crippen molar-refractivity contribution in [2.45, 2.75) is 0 Å². The Labute approximate surface area is 149 Å². The second-order valence-electron chi connectivity index (χ2n) is 5.74. The molecule has 0 aliphatic carbocycles. The minimum absolute atomic E-state index is 0.325. The van der Waals surface area contributed by atoms with E-state index >= 15 is 0 Å². The van der Waals surface area contributed by atoms with E-state index in [1.807, 2.05) is 36.4 Å². The largest absolute Gasteiger partial charge is 0.497 e. The number of hydrazone groups is 1. The molecule has 2 aromatic carbocycles. The van der Waals surface area contributed by atoms with Crippen LogP contribution in [0, 0.1) is 0 Å². The third-order valence-corrected chi connectivity index (χ3v) is 4.02. The number of H-pyrrole nitrogens is 1. The lowest BCUT2D eigenvalue weighted by molar-refractivity contribution is 0.0951. The van der Waals surface area contributed by atoms with Crippen LogP contribution in [0.25, 0.3) is 10.9 Å². The molecule has 0 spiro atoms. The van der Waals surface area contributed by atoms with Gasteiger partial charge in [0.05, 0.1) is 13.3 Å². The smallest absolute Gasteiger partial charge is 0.287 e. The van der Waals surface area contributed by atoms with Gasteiger partial charge in [-0.1, -0.05) is 0 Å². The molecule has 2 N–H and O–H groups in total. The number of nitrogens with zero attached hydrogens (tertiary/aromatic N) is 1. The average molecular weight is 351 g/mol. The molecule has 3 aromatic rings. The molecule has 0 atom stereocenters. The molecule has 7 nitrogen and oxygen atoms in total. The van der Waals surface area contributed by atoms with Crippen LogP contribution >= 0.6 is 0 Å². The van der Waals surface area contributed by atoms with Crippen molar-refractivity contribution in [1.82, 2.24) is 10.4 Å². The third-order valence-electron chi connectivity index (χ3n) is 4.02. The van der Waals surface area contributed by atoms with Crippen molar-refractivity contribution < 1.29 is 19.0 Å². The molecule has 1 amide bonds. The molecule has 0 saturated carbocycles. The second-order valence-corrected chi connectivity index (χ2v) is 5.74.